The van der Waals surface area contributed by atoms with Crippen molar-refractivity contribution in [2.24, 2.45) is 5.92 Å². The van der Waals surface area contributed by atoms with Crippen LogP contribution in [-0.4, -0.2) is 30.3 Å². The molecule has 3 amide bonds. The third-order valence-electron chi connectivity index (χ3n) is 8.62. The van der Waals surface area contributed by atoms with Crippen LogP contribution < -0.4 is 16.0 Å². The van der Waals surface area contributed by atoms with Crippen LogP contribution in [0.15, 0.2) is 124 Å². The van der Waals surface area contributed by atoms with E-state index in [2.05, 4.69) is 38.8 Å². The predicted molar refractivity (Wildman–Crippen MR) is 216 cm³/mol. The van der Waals surface area contributed by atoms with Gasteiger partial charge in [-0.25, -0.2) is 4.79 Å². The highest BCUT2D eigenvalue weighted by Gasteiger charge is 2.31. The first kappa shape index (κ1) is 37.8. The van der Waals surface area contributed by atoms with Crippen molar-refractivity contribution >= 4 is 79.5 Å². The number of fused-ring (bicyclic) bond motifs is 1. The first-order valence-corrected chi connectivity index (χ1v) is 19.8. The standard InChI is InChI=1S/C42H38BrN3O5S2/c1-3-51-42(50)36-33-22-17-26(2)23-35(33)53-41(36)46-40(49)37(28-11-6-4-7-12-28)52-32-16-10-15-31(25-32)44-39(48)34(24-27-18-20-30(43)21-19-27)45-38(47)29-13-8-5-9-14-29/h4-16,18-21,24-26,37H,3,17,22-23H2,1-2H3,(H,44,48)(H,45,47)(H,46,49)/b34-24-. The molecule has 4 aromatic carbocycles. The second-order valence-electron chi connectivity index (χ2n) is 12.6. The number of thioether (sulfide) groups is 1. The summed E-state index contributed by atoms with van der Waals surface area (Å²) in [6.45, 7) is 4.21. The summed E-state index contributed by atoms with van der Waals surface area (Å²) in [5.74, 6) is -1.14. The molecule has 5 aromatic rings. The van der Waals surface area contributed by atoms with Crippen LogP contribution in [0.2, 0.25) is 0 Å². The number of benzene rings is 4. The van der Waals surface area contributed by atoms with Crippen molar-refractivity contribution in [1.82, 2.24) is 5.32 Å². The van der Waals surface area contributed by atoms with Crippen molar-refractivity contribution in [3.05, 3.63) is 152 Å². The molecule has 2 atom stereocenters. The first-order valence-electron chi connectivity index (χ1n) is 17.3. The fourth-order valence-corrected chi connectivity index (χ4v) is 8.74. The molecule has 1 heterocycles. The Kier molecular flexibility index (Phi) is 12.6. The van der Waals surface area contributed by atoms with E-state index in [0.29, 0.717) is 27.7 Å². The van der Waals surface area contributed by atoms with Crippen molar-refractivity contribution < 1.29 is 23.9 Å². The molecule has 0 saturated carbocycles. The van der Waals surface area contributed by atoms with Crippen LogP contribution >= 0.6 is 39.0 Å². The Morgan fingerprint density at radius 1 is 0.925 bits per heavy atom. The molecule has 0 spiro atoms. The lowest BCUT2D eigenvalue weighted by Crippen LogP contribution is -2.30. The summed E-state index contributed by atoms with van der Waals surface area (Å²) in [5.41, 5.74) is 3.89. The number of carbonyl (C=O) groups is 4. The quantitative estimate of drug-likeness (QED) is 0.0658. The van der Waals surface area contributed by atoms with Gasteiger partial charge in [-0.3, -0.25) is 14.4 Å². The van der Waals surface area contributed by atoms with Gasteiger partial charge in [0.2, 0.25) is 5.91 Å². The molecule has 53 heavy (non-hydrogen) atoms. The number of amides is 3. The number of carbonyl (C=O) groups excluding carboxylic acids is 4. The number of esters is 1. The van der Waals surface area contributed by atoms with Gasteiger partial charge in [0.05, 0.1) is 12.2 Å². The van der Waals surface area contributed by atoms with Gasteiger partial charge in [0, 0.05) is 25.5 Å². The smallest absolute Gasteiger partial charge is 0.341 e. The minimum Gasteiger partial charge on any atom is -0.462 e. The van der Waals surface area contributed by atoms with Gasteiger partial charge in [0.25, 0.3) is 11.8 Å². The number of anilines is 2. The lowest BCUT2D eigenvalue weighted by Gasteiger charge is -2.19. The number of halogens is 1. The summed E-state index contributed by atoms with van der Waals surface area (Å²) >= 11 is 6.22. The molecule has 1 aromatic heterocycles. The summed E-state index contributed by atoms with van der Waals surface area (Å²) in [7, 11) is 0. The van der Waals surface area contributed by atoms with Crippen molar-refractivity contribution in [3.8, 4) is 0 Å². The van der Waals surface area contributed by atoms with Gasteiger partial charge in [-0.1, -0.05) is 89.6 Å². The van der Waals surface area contributed by atoms with E-state index in [1.165, 1.54) is 23.1 Å². The number of ether oxygens (including phenoxy) is 1. The Balaban J connectivity index is 1.25. The highest BCUT2D eigenvalue weighted by Crippen LogP contribution is 2.42. The van der Waals surface area contributed by atoms with E-state index in [4.69, 9.17) is 4.74 Å². The average Bonchev–Trinajstić information content (AvgIpc) is 3.52. The normalized spacial score (nSPS) is 14.4. The first-order chi connectivity index (χ1) is 25.7. The lowest BCUT2D eigenvalue weighted by atomic mass is 9.88. The molecule has 270 valence electrons. The van der Waals surface area contributed by atoms with E-state index >= 15 is 0 Å². The van der Waals surface area contributed by atoms with Gasteiger partial charge in [-0.15, -0.1) is 23.1 Å². The van der Waals surface area contributed by atoms with Crippen LogP contribution in [0.4, 0.5) is 10.7 Å². The molecule has 8 nitrogen and oxygen atoms in total. The molecule has 0 saturated heterocycles. The second kappa shape index (κ2) is 17.7. The molecule has 3 N–H and O–H groups in total. The minimum absolute atomic E-state index is 0.0613. The summed E-state index contributed by atoms with van der Waals surface area (Å²) in [6.07, 6.45) is 4.21. The van der Waals surface area contributed by atoms with Gasteiger partial charge < -0.3 is 20.7 Å². The number of rotatable bonds is 12. The zero-order valence-corrected chi connectivity index (χ0v) is 32.4. The van der Waals surface area contributed by atoms with Crippen LogP contribution in [0.3, 0.4) is 0 Å². The Bertz CT molecular complexity index is 2140. The van der Waals surface area contributed by atoms with Crippen molar-refractivity contribution in [2.75, 3.05) is 17.2 Å². The monoisotopic (exact) mass is 807 g/mol. The topological polar surface area (TPSA) is 114 Å². The van der Waals surface area contributed by atoms with E-state index in [1.54, 1.807) is 55.5 Å². The van der Waals surface area contributed by atoms with Crippen molar-refractivity contribution in [2.45, 2.75) is 43.3 Å². The SMILES string of the molecule is CCOC(=O)c1c(NC(=O)C(Sc2cccc(NC(=O)/C(=C/c3ccc(Br)cc3)NC(=O)c3ccccc3)c2)c2ccccc2)sc2c1CCC(C)C2. The highest BCUT2D eigenvalue weighted by molar-refractivity contribution is 9.10. The van der Waals surface area contributed by atoms with Crippen LogP contribution in [0.25, 0.3) is 6.08 Å². The second-order valence-corrected chi connectivity index (χ2v) is 15.8. The lowest BCUT2D eigenvalue weighted by molar-refractivity contribution is -0.116. The number of hydrogen-bond donors (Lipinski definition) is 3. The number of nitrogens with one attached hydrogen (secondary N) is 3. The maximum atomic E-state index is 14.2. The van der Waals surface area contributed by atoms with Crippen molar-refractivity contribution in [3.63, 3.8) is 0 Å². The van der Waals surface area contributed by atoms with Gasteiger partial charge in [0.15, 0.2) is 0 Å². The third-order valence-corrected chi connectivity index (χ3v) is 11.6. The minimum atomic E-state index is -0.687. The van der Waals surface area contributed by atoms with Gasteiger partial charge in [0.1, 0.15) is 15.9 Å². The van der Waals surface area contributed by atoms with Gasteiger partial charge in [-0.05, 0) is 97.3 Å². The fraction of sp³-hybridized carbons (Fsp3) is 0.190. The number of thiophene rings is 1. The largest absolute Gasteiger partial charge is 0.462 e. The summed E-state index contributed by atoms with van der Waals surface area (Å²) in [6, 6.07) is 32.7. The van der Waals surface area contributed by atoms with Gasteiger partial charge in [-0.2, -0.15) is 0 Å². The fourth-order valence-electron chi connectivity index (χ4n) is 5.99. The molecule has 0 bridgehead atoms. The molecule has 1 aliphatic carbocycles. The van der Waals surface area contributed by atoms with Gasteiger partial charge >= 0.3 is 5.97 Å². The molecule has 0 fully saturated rings. The molecule has 0 aliphatic heterocycles. The van der Waals surface area contributed by atoms with E-state index in [-0.39, 0.29) is 18.2 Å². The summed E-state index contributed by atoms with van der Waals surface area (Å²) in [4.78, 5) is 56.1. The molecule has 1 aliphatic rings. The molecule has 2 unspecified atom stereocenters. The number of hydrogen-bond acceptors (Lipinski definition) is 7. The highest BCUT2D eigenvalue weighted by atomic mass is 79.9. The molecule has 6 rings (SSSR count). The zero-order chi connectivity index (χ0) is 37.3. The van der Waals surface area contributed by atoms with Crippen LogP contribution in [0, 0.1) is 5.92 Å². The Labute approximate surface area is 325 Å². The Morgan fingerprint density at radius 3 is 2.36 bits per heavy atom. The molecule has 0 radical (unpaired) electrons. The molecular weight excluding hydrogens is 771 g/mol. The van der Waals surface area contributed by atoms with E-state index in [0.717, 1.165) is 50.2 Å². The Hall–Kier alpha value is -4.97. The van der Waals surface area contributed by atoms with Crippen LogP contribution in [0.5, 0.6) is 0 Å². The summed E-state index contributed by atoms with van der Waals surface area (Å²) in [5, 5.41) is 8.62. The van der Waals surface area contributed by atoms with Crippen LogP contribution in [-0.2, 0) is 27.2 Å². The van der Waals surface area contributed by atoms with Crippen molar-refractivity contribution in [1.29, 1.82) is 0 Å². The van der Waals surface area contributed by atoms with E-state index < -0.39 is 23.0 Å². The van der Waals surface area contributed by atoms with E-state index in [1.807, 2.05) is 66.7 Å². The maximum Gasteiger partial charge on any atom is 0.341 e. The molecular formula is C42H38BrN3O5S2. The van der Waals surface area contributed by atoms with Crippen LogP contribution in [0.1, 0.15) is 67.8 Å². The Morgan fingerprint density at radius 2 is 1.64 bits per heavy atom. The molecule has 11 heteroatoms. The third kappa shape index (κ3) is 9.72. The maximum absolute atomic E-state index is 14.2. The predicted octanol–water partition coefficient (Wildman–Crippen LogP) is 9.69. The average molecular weight is 809 g/mol. The summed E-state index contributed by atoms with van der Waals surface area (Å²) < 4.78 is 6.32. The van der Waals surface area contributed by atoms with E-state index in [9.17, 15) is 19.2 Å². The zero-order valence-electron chi connectivity index (χ0n) is 29.2.